The first kappa shape index (κ1) is 15.0. The number of esters is 1. The second-order valence-electron chi connectivity index (χ2n) is 8.95. The third-order valence-corrected chi connectivity index (χ3v) is 7.98. The van der Waals surface area contributed by atoms with Gasteiger partial charge in [-0.15, -0.1) is 0 Å². The van der Waals surface area contributed by atoms with Crippen LogP contribution in [0.1, 0.15) is 71.6 Å². The maximum absolute atomic E-state index is 11.8. The van der Waals surface area contributed by atoms with Crippen LogP contribution in [0.5, 0.6) is 0 Å². The van der Waals surface area contributed by atoms with Crippen molar-refractivity contribution in [1.29, 1.82) is 0 Å². The monoisotopic (exact) mass is 306 g/mol. The van der Waals surface area contributed by atoms with E-state index in [-0.39, 0.29) is 17.7 Å². The van der Waals surface area contributed by atoms with Gasteiger partial charge in [-0.05, 0) is 81.5 Å². The number of hydrogen-bond acceptors (Lipinski definition) is 3. The molecule has 0 aromatic rings. The number of hydrogen-bond donors (Lipinski definition) is 1. The van der Waals surface area contributed by atoms with Gasteiger partial charge in [0.15, 0.2) is 0 Å². The summed E-state index contributed by atoms with van der Waals surface area (Å²) in [5, 5.41) is 10.1. The molecule has 3 heteroatoms. The van der Waals surface area contributed by atoms with Crippen LogP contribution < -0.4 is 0 Å². The topological polar surface area (TPSA) is 46.5 Å². The molecule has 1 heterocycles. The summed E-state index contributed by atoms with van der Waals surface area (Å²) in [5.74, 6) is 2.77. The van der Waals surface area contributed by atoms with Gasteiger partial charge in [0.25, 0.3) is 0 Å². The average molecular weight is 306 g/mol. The molecule has 0 unspecified atom stereocenters. The highest BCUT2D eigenvalue weighted by Crippen LogP contribution is 2.63. The second-order valence-corrected chi connectivity index (χ2v) is 8.95. The molecule has 0 aromatic heterocycles. The van der Waals surface area contributed by atoms with Gasteiger partial charge in [0, 0.05) is 12.3 Å². The summed E-state index contributed by atoms with van der Waals surface area (Å²) in [5.41, 5.74) is 0.207. The Balaban J connectivity index is 1.61. The van der Waals surface area contributed by atoms with Gasteiger partial charge in [-0.3, -0.25) is 4.79 Å². The number of carbonyl (C=O) groups excluding carboxylic acids is 1. The fourth-order valence-corrected chi connectivity index (χ4v) is 6.75. The predicted octanol–water partition coefficient (Wildman–Crippen LogP) is 3.69. The maximum atomic E-state index is 11.8. The van der Waals surface area contributed by atoms with Crippen LogP contribution in [0.2, 0.25) is 0 Å². The van der Waals surface area contributed by atoms with Crippen LogP contribution in [0.15, 0.2) is 0 Å². The Morgan fingerprint density at radius 2 is 1.86 bits per heavy atom. The second kappa shape index (κ2) is 4.96. The van der Waals surface area contributed by atoms with Crippen molar-refractivity contribution in [3.63, 3.8) is 0 Å². The molecule has 3 aliphatic carbocycles. The van der Waals surface area contributed by atoms with Gasteiger partial charge in [-0.2, -0.15) is 0 Å². The third kappa shape index (κ3) is 2.07. The number of carbonyl (C=O) groups is 1. The van der Waals surface area contributed by atoms with E-state index in [4.69, 9.17) is 4.74 Å². The molecule has 3 saturated carbocycles. The molecule has 1 saturated heterocycles. The summed E-state index contributed by atoms with van der Waals surface area (Å²) >= 11 is 0. The van der Waals surface area contributed by atoms with Crippen LogP contribution in [0.25, 0.3) is 0 Å². The Hall–Kier alpha value is -0.570. The lowest BCUT2D eigenvalue weighted by Gasteiger charge is -2.61. The predicted molar refractivity (Wildman–Crippen MR) is 84.1 cm³/mol. The molecule has 3 nitrogen and oxygen atoms in total. The zero-order valence-electron chi connectivity index (χ0n) is 14.0. The van der Waals surface area contributed by atoms with Gasteiger partial charge < -0.3 is 9.84 Å². The van der Waals surface area contributed by atoms with Gasteiger partial charge >= 0.3 is 5.97 Å². The van der Waals surface area contributed by atoms with Crippen LogP contribution >= 0.6 is 0 Å². The minimum absolute atomic E-state index is 0.0119. The summed E-state index contributed by atoms with van der Waals surface area (Å²) in [6.45, 7) is 4.68. The molecule has 4 rings (SSSR count). The molecular weight excluding hydrogens is 276 g/mol. The molecule has 0 spiro atoms. The van der Waals surface area contributed by atoms with E-state index in [1.807, 2.05) is 0 Å². The molecule has 7 atom stereocenters. The molecule has 0 amide bonds. The van der Waals surface area contributed by atoms with E-state index < -0.39 is 0 Å². The minimum atomic E-state index is -0.201. The van der Waals surface area contributed by atoms with Crippen LogP contribution in [-0.4, -0.2) is 22.8 Å². The largest absolute Gasteiger partial charge is 0.459 e. The first-order chi connectivity index (χ1) is 10.4. The van der Waals surface area contributed by atoms with Gasteiger partial charge in [0.05, 0.1) is 6.10 Å². The highest BCUT2D eigenvalue weighted by Gasteiger charge is 2.58. The van der Waals surface area contributed by atoms with Crippen molar-refractivity contribution in [2.24, 2.45) is 29.1 Å². The first-order valence-electron chi connectivity index (χ1n) is 9.32. The van der Waals surface area contributed by atoms with Crippen LogP contribution in [0, 0.1) is 29.1 Å². The number of aliphatic hydroxyl groups excluding tert-OH is 1. The fraction of sp³-hybridized carbons (Fsp3) is 0.947. The van der Waals surface area contributed by atoms with Crippen molar-refractivity contribution in [2.75, 3.05) is 0 Å². The zero-order chi connectivity index (χ0) is 15.5. The average Bonchev–Trinajstić information content (AvgIpc) is 2.46. The molecule has 124 valence electrons. The van der Waals surface area contributed by atoms with Crippen molar-refractivity contribution in [3.05, 3.63) is 0 Å². The van der Waals surface area contributed by atoms with Crippen LogP contribution in [0.3, 0.4) is 0 Å². The normalized spacial score (nSPS) is 54.7. The van der Waals surface area contributed by atoms with Crippen molar-refractivity contribution in [3.8, 4) is 0 Å². The number of rotatable bonds is 0. The summed E-state index contributed by atoms with van der Waals surface area (Å²) in [4.78, 5) is 11.8. The standard InChI is InChI=1S/C19H30O3/c1-18-9-7-13(20)11-12(18)3-4-14-15(18)8-10-19(2)16(14)5-6-17(21)22-19/h12-16,20H,3-11H2,1-2H3/t12-,13-,14+,15-,16-,18-,19-/m0/s1. The Bertz CT molecular complexity index is 475. The van der Waals surface area contributed by atoms with Crippen molar-refractivity contribution in [2.45, 2.75) is 83.3 Å². The molecule has 4 fully saturated rings. The number of aliphatic hydroxyl groups is 1. The molecule has 0 bridgehead atoms. The number of ether oxygens (including phenoxy) is 1. The Kier molecular flexibility index (Phi) is 3.38. The molecule has 4 aliphatic rings. The quantitative estimate of drug-likeness (QED) is 0.694. The molecular formula is C19H30O3. The zero-order valence-corrected chi connectivity index (χ0v) is 14.0. The van der Waals surface area contributed by atoms with Crippen LogP contribution in [-0.2, 0) is 9.53 Å². The highest BCUT2D eigenvalue weighted by atomic mass is 16.6. The SMILES string of the molecule is C[C@]12CC[C@H](O)C[C@@H]1CC[C@@H]1[C@@H]2CC[C@]2(C)OC(=O)CC[C@@H]12. The summed E-state index contributed by atoms with van der Waals surface area (Å²) in [7, 11) is 0. The summed E-state index contributed by atoms with van der Waals surface area (Å²) in [6, 6.07) is 0. The van der Waals surface area contributed by atoms with Gasteiger partial charge in [-0.1, -0.05) is 6.92 Å². The highest BCUT2D eigenvalue weighted by molar-refractivity contribution is 5.70. The lowest BCUT2D eigenvalue weighted by atomic mass is 9.46. The fourth-order valence-electron chi connectivity index (χ4n) is 6.75. The molecule has 22 heavy (non-hydrogen) atoms. The molecule has 0 aromatic carbocycles. The van der Waals surface area contributed by atoms with Gasteiger partial charge in [-0.25, -0.2) is 0 Å². The van der Waals surface area contributed by atoms with Crippen LogP contribution in [0.4, 0.5) is 0 Å². The molecule has 1 N–H and O–H groups in total. The van der Waals surface area contributed by atoms with E-state index in [1.54, 1.807) is 0 Å². The van der Waals surface area contributed by atoms with Gasteiger partial charge in [0.1, 0.15) is 5.60 Å². The minimum Gasteiger partial charge on any atom is -0.459 e. The van der Waals surface area contributed by atoms with E-state index in [1.165, 1.54) is 25.7 Å². The summed E-state index contributed by atoms with van der Waals surface area (Å²) < 4.78 is 5.83. The third-order valence-electron chi connectivity index (χ3n) is 7.98. The van der Waals surface area contributed by atoms with Crippen molar-refractivity contribution >= 4 is 5.97 Å². The first-order valence-corrected chi connectivity index (χ1v) is 9.32. The van der Waals surface area contributed by atoms with E-state index >= 15 is 0 Å². The summed E-state index contributed by atoms with van der Waals surface area (Å²) in [6.07, 6.45) is 9.52. The van der Waals surface area contributed by atoms with E-state index in [0.717, 1.165) is 37.5 Å². The van der Waals surface area contributed by atoms with E-state index in [2.05, 4.69) is 13.8 Å². The molecule has 0 radical (unpaired) electrons. The van der Waals surface area contributed by atoms with Gasteiger partial charge in [0.2, 0.25) is 0 Å². The Morgan fingerprint density at radius 3 is 2.68 bits per heavy atom. The lowest BCUT2D eigenvalue weighted by Crippen LogP contribution is -2.58. The number of fused-ring (bicyclic) bond motifs is 5. The molecule has 1 aliphatic heterocycles. The smallest absolute Gasteiger partial charge is 0.306 e. The van der Waals surface area contributed by atoms with E-state index in [9.17, 15) is 9.90 Å². The Morgan fingerprint density at radius 1 is 1.05 bits per heavy atom. The maximum Gasteiger partial charge on any atom is 0.306 e. The Labute approximate surface area is 133 Å². The van der Waals surface area contributed by atoms with Crippen molar-refractivity contribution in [1.82, 2.24) is 0 Å². The van der Waals surface area contributed by atoms with Crippen molar-refractivity contribution < 1.29 is 14.6 Å². The lowest BCUT2D eigenvalue weighted by molar-refractivity contribution is -0.204. The van der Waals surface area contributed by atoms with E-state index in [0.29, 0.717) is 23.7 Å².